The number of piperidine rings is 1. The smallest absolute Gasteiger partial charge is 0.328 e. The normalized spacial score (nSPS) is 22.3. The standard InChI is InChI=1S/C25H40N2.C4H4O4/c1-2-4-6-9-13-23(14-10-7-5-3-1)26-20-17-25(18-21-26)19-22-27(25)24-15-11-8-12-16-24;5-3(6)1-2-4(7)8/h8,11-12,15-16,23H,1-7,9-10,13-14,17-22H2;1-2H,(H,5,6)(H,7,8)/b;2-1+. The molecule has 2 N–H and O–H groups in total. The lowest BCUT2D eigenvalue weighted by atomic mass is 9.75. The zero-order valence-electron chi connectivity index (χ0n) is 21.2. The maximum absolute atomic E-state index is 9.55. The van der Waals surface area contributed by atoms with Crippen LogP contribution in [0.2, 0.25) is 0 Å². The molecule has 3 aliphatic rings. The van der Waals surface area contributed by atoms with Crippen LogP contribution in [0.25, 0.3) is 0 Å². The highest BCUT2D eigenvalue weighted by molar-refractivity contribution is 5.89. The van der Waals surface area contributed by atoms with Crippen LogP contribution in [-0.4, -0.2) is 58.3 Å². The Morgan fingerprint density at radius 3 is 1.60 bits per heavy atom. The van der Waals surface area contributed by atoms with Gasteiger partial charge in [0.1, 0.15) is 0 Å². The van der Waals surface area contributed by atoms with E-state index >= 15 is 0 Å². The Bertz CT molecular complexity index is 774. The molecule has 3 fully saturated rings. The second kappa shape index (κ2) is 14.3. The third kappa shape index (κ3) is 8.68. The molecule has 0 radical (unpaired) electrons. The molecule has 1 aliphatic carbocycles. The number of para-hydroxylation sites is 1. The van der Waals surface area contributed by atoms with E-state index in [2.05, 4.69) is 40.1 Å². The van der Waals surface area contributed by atoms with Crippen LogP contribution in [-0.2, 0) is 9.59 Å². The summed E-state index contributed by atoms with van der Waals surface area (Å²) in [5.74, 6) is -2.51. The number of hydrogen-bond donors (Lipinski definition) is 2. The monoisotopic (exact) mass is 484 g/mol. The number of hydrogen-bond acceptors (Lipinski definition) is 4. The van der Waals surface area contributed by atoms with Crippen LogP contribution >= 0.6 is 0 Å². The van der Waals surface area contributed by atoms with Gasteiger partial charge in [-0.15, -0.1) is 0 Å². The summed E-state index contributed by atoms with van der Waals surface area (Å²) < 4.78 is 0. The molecule has 0 atom stereocenters. The lowest BCUT2D eigenvalue weighted by Crippen LogP contribution is -2.65. The molecule has 2 heterocycles. The zero-order valence-corrected chi connectivity index (χ0v) is 21.2. The number of benzene rings is 1. The van der Waals surface area contributed by atoms with Crippen molar-refractivity contribution in [3.63, 3.8) is 0 Å². The Labute approximate surface area is 211 Å². The van der Waals surface area contributed by atoms with Crippen LogP contribution in [0, 0.1) is 0 Å². The minimum atomic E-state index is -1.26. The van der Waals surface area contributed by atoms with Gasteiger partial charge in [-0.25, -0.2) is 9.59 Å². The first-order valence-corrected chi connectivity index (χ1v) is 13.7. The van der Waals surface area contributed by atoms with Crippen molar-refractivity contribution in [2.24, 2.45) is 0 Å². The van der Waals surface area contributed by atoms with E-state index in [4.69, 9.17) is 10.2 Å². The summed E-state index contributed by atoms with van der Waals surface area (Å²) in [4.78, 5) is 24.7. The highest BCUT2D eigenvalue weighted by Gasteiger charge is 2.46. The molecule has 1 aromatic rings. The van der Waals surface area contributed by atoms with Crippen molar-refractivity contribution >= 4 is 17.6 Å². The van der Waals surface area contributed by atoms with E-state index in [0.717, 1.165) is 6.04 Å². The van der Waals surface area contributed by atoms with Crippen LogP contribution in [0.5, 0.6) is 0 Å². The maximum atomic E-state index is 9.55. The second-order valence-corrected chi connectivity index (χ2v) is 10.4. The van der Waals surface area contributed by atoms with Crippen molar-refractivity contribution in [3.05, 3.63) is 42.5 Å². The molecule has 1 spiro atoms. The first-order valence-electron chi connectivity index (χ1n) is 13.7. The largest absolute Gasteiger partial charge is 0.478 e. The number of likely N-dealkylation sites (tertiary alicyclic amines) is 1. The molecule has 0 aromatic heterocycles. The van der Waals surface area contributed by atoms with Gasteiger partial charge in [0.2, 0.25) is 0 Å². The molecular formula is C29H44N2O4. The molecule has 194 valence electrons. The van der Waals surface area contributed by atoms with Gasteiger partial charge in [-0.3, -0.25) is 0 Å². The Morgan fingerprint density at radius 2 is 1.17 bits per heavy atom. The lowest BCUT2D eigenvalue weighted by molar-refractivity contribution is -0.134. The molecule has 1 aromatic carbocycles. The summed E-state index contributed by atoms with van der Waals surface area (Å²) in [6, 6.07) is 12.0. The average molecular weight is 485 g/mol. The molecule has 0 unspecified atom stereocenters. The highest BCUT2D eigenvalue weighted by Crippen LogP contribution is 2.43. The fraction of sp³-hybridized carbons (Fsp3) is 0.655. The van der Waals surface area contributed by atoms with Gasteiger partial charge in [-0.05, 0) is 44.2 Å². The molecule has 0 amide bonds. The topological polar surface area (TPSA) is 81.1 Å². The minimum Gasteiger partial charge on any atom is -0.478 e. The number of nitrogens with zero attached hydrogens (tertiary/aromatic N) is 2. The number of carbonyl (C=O) groups is 2. The fourth-order valence-electron chi connectivity index (χ4n) is 6.03. The zero-order chi connectivity index (χ0) is 24.9. The third-order valence-corrected chi connectivity index (χ3v) is 8.13. The summed E-state index contributed by atoms with van der Waals surface area (Å²) in [7, 11) is 0. The van der Waals surface area contributed by atoms with Gasteiger partial charge in [0, 0.05) is 49.1 Å². The lowest BCUT2D eigenvalue weighted by Gasteiger charge is -2.58. The third-order valence-electron chi connectivity index (χ3n) is 8.13. The summed E-state index contributed by atoms with van der Waals surface area (Å²) >= 11 is 0. The van der Waals surface area contributed by atoms with Crippen molar-refractivity contribution in [1.29, 1.82) is 0 Å². The first-order chi connectivity index (χ1) is 17.0. The predicted molar refractivity (Wildman–Crippen MR) is 141 cm³/mol. The fourth-order valence-corrected chi connectivity index (χ4v) is 6.03. The van der Waals surface area contributed by atoms with Crippen LogP contribution in [0.3, 0.4) is 0 Å². The molecule has 6 nitrogen and oxygen atoms in total. The Morgan fingerprint density at radius 1 is 0.714 bits per heavy atom. The van der Waals surface area contributed by atoms with Gasteiger partial charge < -0.3 is 20.0 Å². The number of carboxylic acids is 2. The number of rotatable bonds is 4. The van der Waals surface area contributed by atoms with Gasteiger partial charge in [0.25, 0.3) is 0 Å². The number of anilines is 1. The number of carboxylic acid groups (broad SMARTS) is 2. The molecule has 4 rings (SSSR count). The summed E-state index contributed by atoms with van der Waals surface area (Å²) in [5, 5.41) is 15.6. The summed E-state index contributed by atoms with van der Waals surface area (Å²) in [6.07, 6.45) is 21.4. The van der Waals surface area contributed by atoms with E-state index in [-0.39, 0.29) is 0 Å². The SMILES string of the molecule is O=C(O)/C=C/C(=O)O.c1ccc(N2CCC23CCN(C2CCCCCCCCCCC2)CC3)cc1. The van der Waals surface area contributed by atoms with Gasteiger partial charge in [0.05, 0.1) is 0 Å². The van der Waals surface area contributed by atoms with E-state index in [9.17, 15) is 9.59 Å². The van der Waals surface area contributed by atoms with Crippen molar-refractivity contribution < 1.29 is 19.8 Å². The van der Waals surface area contributed by atoms with E-state index in [1.54, 1.807) is 0 Å². The molecule has 6 heteroatoms. The Hall–Kier alpha value is -2.34. The molecule has 35 heavy (non-hydrogen) atoms. The first kappa shape index (κ1) is 27.3. The minimum absolute atomic E-state index is 0.475. The van der Waals surface area contributed by atoms with E-state index in [1.165, 1.54) is 115 Å². The van der Waals surface area contributed by atoms with Gasteiger partial charge in [-0.2, -0.15) is 0 Å². The predicted octanol–water partition coefficient (Wildman–Crippen LogP) is 6.12. The van der Waals surface area contributed by atoms with Crippen molar-refractivity contribution in [2.75, 3.05) is 24.5 Å². The summed E-state index contributed by atoms with van der Waals surface area (Å²) in [6.45, 7) is 3.91. The highest BCUT2D eigenvalue weighted by atomic mass is 16.4. The van der Waals surface area contributed by atoms with E-state index in [0.29, 0.717) is 17.7 Å². The van der Waals surface area contributed by atoms with Gasteiger partial charge in [0.15, 0.2) is 0 Å². The quantitative estimate of drug-likeness (QED) is 0.501. The van der Waals surface area contributed by atoms with Crippen molar-refractivity contribution in [2.45, 2.75) is 101 Å². The molecule has 0 bridgehead atoms. The molecule has 1 saturated carbocycles. The van der Waals surface area contributed by atoms with Crippen LogP contribution in [0.15, 0.2) is 42.5 Å². The second-order valence-electron chi connectivity index (χ2n) is 10.4. The van der Waals surface area contributed by atoms with Crippen LogP contribution < -0.4 is 4.90 Å². The molecule has 2 aliphatic heterocycles. The van der Waals surface area contributed by atoms with E-state index in [1.807, 2.05) is 0 Å². The molecule has 2 saturated heterocycles. The van der Waals surface area contributed by atoms with Crippen molar-refractivity contribution in [3.8, 4) is 0 Å². The Balaban J connectivity index is 0.000000371. The van der Waals surface area contributed by atoms with Crippen LogP contribution in [0.4, 0.5) is 5.69 Å². The van der Waals surface area contributed by atoms with E-state index < -0.39 is 11.9 Å². The number of aliphatic carboxylic acids is 2. The average Bonchev–Trinajstić information content (AvgIpc) is 2.84. The van der Waals surface area contributed by atoms with Crippen LogP contribution in [0.1, 0.15) is 89.9 Å². The summed E-state index contributed by atoms with van der Waals surface area (Å²) in [5.41, 5.74) is 1.92. The van der Waals surface area contributed by atoms with Crippen molar-refractivity contribution in [1.82, 2.24) is 4.90 Å². The molecular weight excluding hydrogens is 440 g/mol. The van der Waals surface area contributed by atoms with Gasteiger partial charge >= 0.3 is 11.9 Å². The Kier molecular flexibility index (Phi) is 11.1. The van der Waals surface area contributed by atoms with Gasteiger partial charge in [-0.1, -0.05) is 76.0 Å². The maximum Gasteiger partial charge on any atom is 0.328 e.